The highest BCUT2D eigenvalue weighted by Gasteiger charge is 2.05. The molecule has 0 fully saturated rings. The van der Waals surface area contributed by atoms with Gasteiger partial charge < -0.3 is 9.97 Å². The van der Waals surface area contributed by atoms with Crippen LogP contribution in [-0.4, -0.2) is 19.9 Å². The maximum Gasteiger partial charge on any atom is 0.103 e. The maximum absolute atomic E-state index is 8.50. The Morgan fingerprint density at radius 1 is 0.900 bits per heavy atom. The van der Waals surface area contributed by atoms with Crippen LogP contribution in [0.1, 0.15) is 48.7 Å². The Hall–Kier alpha value is -2.60. The predicted octanol–water partition coefficient (Wildman–Crippen LogP) is 2.69. The Balaban J connectivity index is 0.000000200. The van der Waals surface area contributed by atoms with E-state index in [1.165, 1.54) is 0 Å². The molecule has 6 heteroatoms. The number of nitrogens with zero attached hydrogens (tertiary/aromatic N) is 4. The van der Waals surface area contributed by atoms with E-state index in [1.807, 2.05) is 27.7 Å². The number of aromatic nitrogens is 4. The van der Waals surface area contributed by atoms with E-state index >= 15 is 0 Å². The summed E-state index contributed by atoms with van der Waals surface area (Å²) >= 11 is 0. The third kappa shape index (κ3) is 4.25. The predicted molar refractivity (Wildman–Crippen MR) is 74.7 cm³/mol. The molecule has 0 bridgehead atoms. The summed E-state index contributed by atoms with van der Waals surface area (Å²) in [6.07, 6.45) is 3.40. The van der Waals surface area contributed by atoms with Gasteiger partial charge in [-0.2, -0.15) is 10.5 Å². The minimum absolute atomic E-state index is 0.0822. The Morgan fingerprint density at radius 2 is 1.25 bits per heavy atom. The minimum Gasteiger partial charge on any atom is -0.345 e. The zero-order chi connectivity index (χ0) is 15.1. The standard InChI is InChI=1S/2C7H9N3/c2*1-5(3-8)7-4-9-6(2)10-7/h2*4-5H,1-2H3,(H,9,10). The van der Waals surface area contributed by atoms with Crippen LogP contribution in [0.25, 0.3) is 0 Å². The molecule has 0 radical (unpaired) electrons. The molecule has 0 amide bonds. The lowest BCUT2D eigenvalue weighted by Gasteiger charge is -1.93. The largest absolute Gasteiger partial charge is 0.345 e. The van der Waals surface area contributed by atoms with Crippen LogP contribution in [0, 0.1) is 36.5 Å². The van der Waals surface area contributed by atoms with Gasteiger partial charge in [-0.3, -0.25) is 0 Å². The second-order valence-corrected chi connectivity index (χ2v) is 4.55. The van der Waals surface area contributed by atoms with Gasteiger partial charge in [-0.15, -0.1) is 0 Å². The fourth-order valence-corrected chi connectivity index (χ4v) is 1.46. The van der Waals surface area contributed by atoms with Crippen molar-refractivity contribution < 1.29 is 0 Å². The molecule has 2 unspecified atom stereocenters. The van der Waals surface area contributed by atoms with Crippen molar-refractivity contribution in [3.8, 4) is 12.1 Å². The van der Waals surface area contributed by atoms with Crippen molar-refractivity contribution in [2.24, 2.45) is 0 Å². The smallest absolute Gasteiger partial charge is 0.103 e. The van der Waals surface area contributed by atoms with E-state index in [0.717, 1.165) is 23.0 Å². The highest BCUT2D eigenvalue weighted by molar-refractivity contribution is 5.13. The molecule has 0 spiro atoms. The first-order valence-corrected chi connectivity index (χ1v) is 6.30. The van der Waals surface area contributed by atoms with Gasteiger partial charge in [-0.25, -0.2) is 9.97 Å². The van der Waals surface area contributed by atoms with Gasteiger partial charge in [0, 0.05) is 12.4 Å². The summed E-state index contributed by atoms with van der Waals surface area (Å²) in [6.45, 7) is 7.42. The maximum atomic E-state index is 8.50. The highest BCUT2D eigenvalue weighted by Crippen LogP contribution is 2.10. The molecule has 2 rings (SSSR count). The van der Waals surface area contributed by atoms with E-state index in [1.54, 1.807) is 12.4 Å². The number of nitriles is 2. The third-order valence-corrected chi connectivity index (χ3v) is 2.77. The van der Waals surface area contributed by atoms with Crippen LogP contribution in [0.3, 0.4) is 0 Å². The van der Waals surface area contributed by atoms with Crippen molar-refractivity contribution in [2.75, 3.05) is 0 Å². The molecule has 104 valence electrons. The fraction of sp³-hybridized carbons (Fsp3) is 0.429. The molecule has 6 nitrogen and oxygen atoms in total. The van der Waals surface area contributed by atoms with E-state index in [0.29, 0.717) is 0 Å². The van der Waals surface area contributed by atoms with Crippen LogP contribution >= 0.6 is 0 Å². The number of hydrogen-bond acceptors (Lipinski definition) is 4. The van der Waals surface area contributed by atoms with Crippen LogP contribution in [0.2, 0.25) is 0 Å². The van der Waals surface area contributed by atoms with Crippen molar-refractivity contribution in [1.29, 1.82) is 10.5 Å². The summed E-state index contributed by atoms with van der Waals surface area (Å²) in [5, 5.41) is 17.0. The zero-order valence-corrected chi connectivity index (χ0v) is 12.1. The van der Waals surface area contributed by atoms with E-state index in [9.17, 15) is 0 Å². The lowest BCUT2D eigenvalue weighted by Crippen LogP contribution is -1.88. The average Bonchev–Trinajstić information content (AvgIpc) is 3.06. The van der Waals surface area contributed by atoms with Gasteiger partial charge in [0.05, 0.1) is 35.4 Å². The van der Waals surface area contributed by atoms with Crippen molar-refractivity contribution in [2.45, 2.75) is 39.5 Å². The Labute approximate surface area is 118 Å². The second kappa shape index (κ2) is 7.10. The molecule has 0 aliphatic heterocycles. The quantitative estimate of drug-likeness (QED) is 0.875. The molecule has 0 saturated heterocycles. The average molecular weight is 270 g/mol. The monoisotopic (exact) mass is 270 g/mol. The molecule has 0 aliphatic rings. The molecule has 2 aromatic rings. The number of imidazole rings is 2. The van der Waals surface area contributed by atoms with Gasteiger partial charge in [-0.1, -0.05) is 0 Å². The first-order valence-electron chi connectivity index (χ1n) is 6.30. The summed E-state index contributed by atoms with van der Waals surface area (Å²) in [5.74, 6) is 1.55. The topological polar surface area (TPSA) is 105 Å². The third-order valence-electron chi connectivity index (χ3n) is 2.77. The number of rotatable bonds is 2. The van der Waals surface area contributed by atoms with Crippen LogP contribution in [0.4, 0.5) is 0 Å². The minimum atomic E-state index is -0.0822. The first kappa shape index (κ1) is 15.5. The SMILES string of the molecule is Cc1ncc(C(C)C#N)[nH]1.Cc1ncc(C(C)C#N)[nH]1. The summed E-state index contributed by atoms with van der Waals surface area (Å²) in [4.78, 5) is 13.9. The van der Waals surface area contributed by atoms with E-state index in [4.69, 9.17) is 10.5 Å². The van der Waals surface area contributed by atoms with Gasteiger partial charge >= 0.3 is 0 Å². The molecule has 2 N–H and O–H groups in total. The molecule has 0 aliphatic carbocycles. The molecule has 2 aromatic heterocycles. The van der Waals surface area contributed by atoms with Gasteiger partial charge in [0.25, 0.3) is 0 Å². The normalized spacial score (nSPS) is 12.5. The molecular weight excluding hydrogens is 252 g/mol. The lowest BCUT2D eigenvalue weighted by atomic mass is 10.1. The summed E-state index contributed by atoms with van der Waals surface area (Å²) in [5.41, 5.74) is 1.78. The number of aryl methyl sites for hydroxylation is 2. The van der Waals surface area contributed by atoms with Crippen molar-refractivity contribution >= 4 is 0 Å². The van der Waals surface area contributed by atoms with Gasteiger partial charge in [0.15, 0.2) is 0 Å². The van der Waals surface area contributed by atoms with Crippen molar-refractivity contribution in [3.05, 3.63) is 35.4 Å². The summed E-state index contributed by atoms with van der Waals surface area (Å²) in [6, 6.07) is 4.25. The lowest BCUT2D eigenvalue weighted by molar-refractivity contribution is 0.927. The number of hydrogen-bond donors (Lipinski definition) is 2. The molecule has 2 atom stereocenters. The summed E-state index contributed by atoms with van der Waals surface area (Å²) in [7, 11) is 0. The number of aromatic amines is 2. The number of H-pyrrole nitrogens is 2. The van der Waals surface area contributed by atoms with Crippen LogP contribution in [-0.2, 0) is 0 Å². The van der Waals surface area contributed by atoms with Crippen LogP contribution < -0.4 is 0 Å². The van der Waals surface area contributed by atoms with Crippen LogP contribution in [0.15, 0.2) is 12.4 Å². The highest BCUT2D eigenvalue weighted by atomic mass is 14.9. The van der Waals surface area contributed by atoms with Crippen molar-refractivity contribution in [3.63, 3.8) is 0 Å². The molecule has 0 saturated carbocycles. The molecule has 2 heterocycles. The van der Waals surface area contributed by atoms with Crippen molar-refractivity contribution in [1.82, 2.24) is 19.9 Å². The van der Waals surface area contributed by atoms with Gasteiger partial charge in [-0.05, 0) is 27.7 Å². The van der Waals surface area contributed by atoms with Gasteiger partial charge in [0.2, 0.25) is 0 Å². The molecule has 20 heavy (non-hydrogen) atoms. The zero-order valence-electron chi connectivity index (χ0n) is 12.1. The molecular formula is C14H18N6. The van der Waals surface area contributed by atoms with Gasteiger partial charge in [0.1, 0.15) is 11.6 Å². The number of nitrogens with one attached hydrogen (secondary N) is 2. The molecule has 0 aromatic carbocycles. The van der Waals surface area contributed by atoms with E-state index in [2.05, 4.69) is 32.1 Å². The Morgan fingerprint density at radius 3 is 1.45 bits per heavy atom. The first-order chi connectivity index (χ1) is 9.47. The van der Waals surface area contributed by atoms with E-state index in [-0.39, 0.29) is 11.8 Å². The van der Waals surface area contributed by atoms with E-state index < -0.39 is 0 Å². The summed E-state index contributed by atoms with van der Waals surface area (Å²) < 4.78 is 0. The Kier molecular flexibility index (Phi) is 5.49. The van der Waals surface area contributed by atoms with Crippen LogP contribution in [0.5, 0.6) is 0 Å². The second-order valence-electron chi connectivity index (χ2n) is 4.55. The Bertz CT molecular complexity index is 568. The fourth-order valence-electron chi connectivity index (χ4n) is 1.46.